The van der Waals surface area contributed by atoms with Crippen molar-refractivity contribution in [1.29, 1.82) is 0 Å². The van der Waals surface area contributed by atoms with Gasteiger partial charge in [0.05, 0.1) is 26.4 Å². The van der Waals surface area contributed by atoms with E-state index in [1.807, 2.05) is 4.57 Å². The summed E-state index contributed by atoms with van der Waals surface area (Å²) in [4.78, 5) is 0. The van der Waals surface area contributed by atoms with Gasteiger partial charge in [-0.2, -0.15) is 0 Å². The summed E-state index contributed by atoms with van der Waals surface area (Å²) in [7, 11) is 0. The highest BCUT2D eigenvalue weighted by Crippen LogP contribution is 2.21. The topological polar surface area (TPSA) is 86.2 Å². The molecule has 98 valence electrons. The van der Waals surface area contributed by atoms with Crippen LogP contribution in [0.1, 0.15) is 25.7 Å². The average Bonchev–Trinajstić information content (AvgIpc) is 2.72. The van der Waals surface area contributed by atoms with Crippen molar-refractivity contribution in [2.75, 3.05) is 25.6 Å². The monoisotopic (exact) mass is 260 g/mol. The minimum Gasteiger partial charge on any atom is -0.394 e. The molecule has 1 heterocycles. The maximum Gasteiger partial charge on any atom is 0.191 e. The van der Waals surface area contributed by atoms with E-state index in [-0.39, 0.29) is 6.61 Å². The molecule has 0 saturated heterocycles. The van der Waals surface area contributed by atoms with Gasteiger partial charge in [-0.05, 0) is 13.8 Å². The second-order valence-corrected chi connectivity index (χ2v) is 4.81. The van der Waals surface area contributed by atoms with E-state index in [9.17, 15) is 0 Å². The van der Waals surface area contributed by atoms with Crippen LogP contribution in [0.25, 0.3) is 0 Å². The highest BCUT2D eigenvalue weighted by Gasteiger charge is 2.13. The molecule has 0 fully saturated rings. The SMILES string of the molecule is CC(C)n1c(CN)nnc1SCCOCCO. The molecule has 0 aromatic carbocycles. The number of aliphatic hydroxyl groups is 1. The zero-order chi connectivity index (χ0) is 12.7. The molecular formula is C10H20N4O2S. The molecular weight excluding hydrogens is 240 g/mol. The molecule has 0 radical (unpaired) electrons. The Labute approximate surface area is 106 Å². The molecule has 0 spiro atoms. The number of thioether (sulfide) groups is 1. The molecule has 0 aliphatic rings. The Hall–Kier alpha value is -0.630. The third-order valence-electron chi connectivity index (χ3n) is 2.13. The predicted octanol–water partition coefficient (Wildman–Crippen LogP) is 0.419. The predicted molar refractivity (Wildman–Crippen MR) is 66.9 cm³/mol. The molecule has 3 N–H and O–H groups in total. The lowest BCUT2D eigenvalue weighted by molar-refractivity contribution is 0.103. The van der Waals surface area contributed by atoms with Crippen LogP contribution in [-0.4, -0.2) is 45.4 Å². The van der Waals surface area contributed by atoms with Crippen LogP contribution in [0, 0.1) is 0 Å². The van der Waals surface area contributed by atoms with Crippen LogP contribution < -0.4 is 5.73 Å². The molecule has 1 rings (SSSR count). The third kappa shape index (κ3) is 4.27. The Kier molecular flexibility index (Phi) is 6.49. The number of nitrogens with two attached hydrogens (primary N) is 1. The van der Waals surface area contributed by atoms with Crippen LogP contribution in [0.4, 0.5) is 0 Å². The van der Waals surface area contributed by atoms with Gasteiger partial charge in [0.15, 0.2) is 5.16 Å². The van der Waals surface area contributed by atoms with E-state index in [0.29, 0.717) is 25.8 Å². The van der Waals surface area contributed by atoms with Gasteiger partial charge in [-0.3, -0.25) is 0 Å². The molecule has 0 bridgehead atoms. The smallest absolute Gasteiger partial charge is 0.191 e. The van der Waals surface area contributed by atoms with Crippen molar-refractivity contribution >= 4 is 11.8 Å². The minimum absolute atomic E-state index is 0.0597. The standard InChI is InChI=1S/C10H20N4O2S/c1-8(2)14-9(7-11)12-13-10(14)17-6-5-16-4-3-15/h8,15H,3-7,11H2,1-2H3. The van der Waals surface area contributed by atoms with Crippen LogP contribution in [-0.2, 0) is 11.3 Å². The number of nitrogens with zero attached hydrogens (tertiary/aromatic N) is 3. The fourth-order valence-electron chi connectivity index (χ4n) is 1.42. The molecule has 7 heteroatoms. The van der Waals surface area contributed by atoms with Crippen LogP contribution >= 0.6 is 11.8 Å². The third-order valence-corrected chi connectivity index (χ3v) is 3.04. The van der Waals surface area contributed by atoms with E-state index in [1.165, 1.54) is 0 Å². The Balaban J connectivity index is 2.50. The molecule has 0 atom stereocenters. The van der Waals surface area contributed by atoms with Gasteiger partial charge in [0, 0.05) is 11.8 Å². The van der Waals surface area contributed by atoms with E-state index in [2.05, 4.69) is 24.0 Å². The van der Waals surface area contributed by atoms with Crippen molar-refractivity contribution in [2.24, 2.45) is 5.73 Å². The van der Waals surface area contributed by atoms with E-state index < -0.39 is 0 Å². The average molecular weight is 260 g/mol. The van der Waals surface area contributed by atoms with Crippen LogP contribution in [0.5, 0.6) is 0 Å². The van der Waals surface area contributed by atoms with Crippen molar-refractivity contribution in [3.05, 3.63) is 5.82 Å². The Bertz CT molecular complexity index is 330. The van der Waals surface area contributed by atoms with E-state index >= 15 is 0 Å². The van der Waals surface area contributed by atoms with Crippen molar-refractivity contribution < 1.29 is 9.84 Å². The van der Waals surface area contributed by atoms with Gasteiger partial charge in [-0.15, -0.1) is 10.2 Å². The van der Waals surface area contributed by atoms with Gasteiger partial charge >= 0.3 is 0 Å². The fraction of sp³-hybridized carbons (Fsp3) is 0.800. The Morgan fingerprint density at radius 2 is 2.18 bits per heavy atom. The summed E-state index contributed by atoms with van der Waals surface area (Å²) in [6, 6.07) is 0.296. The van der Waals surface area contributed by atoms with Gasteiger partial charge in [-0.25, -0.2) is 0 Å². The van der Waals surface area contributed by atoms with Crippen molar-refractivity contribution in [3.63, 3.8) is 0 Å². The summed E-state index contributed by atoms with van der Waals surface area (Å²) >= 11 is 1.59. The first-order chi connectivity index (χ1) is 8.20. The van der Waals surface area contributed by atoms with Crippen LogP contribution in [0.15, 0.2) is 5.16 Å². The first-order valence-corrected chi connectivity index (χ1v) is 6.64. The number of hydrogen-bond donors (Lipinski definition) is 2. The van der Waals surface area contributed by atoms with Crippen molar-refractivity contribution in [2.45, 2.75) is 31.6 Å². The van der Waals surface area contributed by atoms with E-state index in [0.717, 1.165) is 16.7 Å². The Morgan fingerprint density at radius 3 is 2.76 bits per heavy atom. The van der Waals surface area contributed by atoms with Crippen molar-refractivity contribution in [3.8, 4) is 0 Å². The van der Waals surface area contributed by atoms with Crippen LogP contribution in [0.3, 0.4) is 0 Å². The molecule has 6 nitrogen and oxygen atoms in total. The lowest BCUT2D eigenvalue weighted by Gasteiger charge is -2.12. The zero-order valence-electron chi connectivity index (χ0n) is 10.3. The van der Waals surface area contributed by atoms with Crippen LogP contribution in [0.2, 0.25) is 0 Å². The number of ether oxygens (including phenoxy) is 1. The normalized spacial score (nSPS) is 11.4. The number of aromatic nitrogens is 3. The van der Waals surface area contributed by atoms with Gasteiger partial charge in [0.25, 0.3) is 0 Å². The first-order valence-electron chi connectivity index (χ1n) is 5.66. The minimum atomic E-state index is 0.0597. The number of rotatable bonds is 8. The van der Waals surface area contributed by atoms with E-state index in [4.69, 9.17) is 15.6 Å². The van der Waals surface area contributed by atoms with Crippen molar-refractivity contribution in [1.82, 2.24) is 14.8 Å². The summed E-state index contributed by atoms with van der Waals surface area (Å²) in [5.41, 5.74) is 5.61. The molecule has 1 aromatic heterocycles. The maximum atomic E-state index is 8.56. The molecule has 0 saturated carbocycles. The molecule has 1 aromatic rings. The first kappa shape index (κ1) is 14.4. The van der Waals surface area contributed by atoms with Gasteiger partial charge in [-0.1, -0.05) is 11.8 Å². The lowest BCUT2D eigenvalue weighted by atomic mass is 10.4. The summed E-state index contributed by atoms with van der Waals surface area (Å²) in [6.45, 7) is 5.58. The largest absolute Gasteiger partial charge is 0.394 e. The molecule has 0 amide bonds. The zero-order valence-corrected chi connectivity index (χ0v) is 11.1. The quantitative estimate of drug-likeness (QED) is 0.520. The maximum absolute atomic E-state index is 8.56. The molecule has 0 unspecified atom stereocenters. The van der Waals surface area contributed by atoms with E-state index in [1.54, 1.807) is 11.8 Å². The molecule has 0 aliphatic carbocycles. The van der Waals surface area contributed by atoms with Gasteiger partial charge < -0.3 is 20.1 Å². The summed E-state index contributed by atoms with van der Waals surface area (Å²) in [6.07, 6.45) is 0. The number of aliphatic hydroxyl groups excluding tert-OH is 1. The highest BCUT2D eigenvalue weighted by molar-refractivity contribution is 7.99. The number of hydrogen-bond acceptors (Lipinski definition) is 6. The molecule has 17 heavy (non-hydrogen) atoms. The summed E-state index contributed by atoms with van der Waals surface area (Å²) < 4.78 is 7.22. The second-order valence-electron chi connectivity index (χ2n) is 3.75. The fourth-order valence-corrected chi connectivity index (χ4v) is 2.36. The lowest BCUT2D eigenvalue weighted by Crippen LogP contribution is -2.11. The van der Waals surface area contributed by atoms with Gasteiger partial charge in [0.2, 0.25) is 0 Å². The molecule has 0 aliphatic heterocycles. The highest BCUT2D eigenvalue weighted by atomic mass is 32.2. The Morgan fingerprint density at radius 1 is 1.41 bits per heavy atom. The summed E-state index contributed by atoms with van der Waals surface area (Å²) in [5.74, 6) is 1.59. The second kappa shape index (κ2) is 7.65. The summed E-state index contributed by atoms with van der Waals surface area (Å²) in [5, 5.41) is 17.6. The van der Waals surface area contributed by atoms with Gasteiger partial charge in [0.1, 0.15) is 5.82 Å².